The number of pyridine rings is 1. The first-order valence-electron chi connectivity index (χ1n) is 6.71. The average Bonchev–Trinajstić information content (AvgIpc) is 2.48. The average molecular weight is 258 g/mol. The van der Waals surface area contributed by atoms with E-state index in [9.17, 15) is 0 Å². The Labute approximate surface area is 115 Å². The highest BCUT2D eigenvalue weighted by Crippen LogP contribution is 2.34. The highest BCUT2D eigenvalue weighted by atomic mass is 16.5. The van der Waals surface area contributed by atoms with Crippen molar-refractivity contribution in [3.05, 3.63) is 42.2 Å². The molecule has 0 amide bonds. The Balaban J connectivity index is 2.58. The number of aromatic nitrogens is 1. The second-order valence-electron chi connectivity index (χ2n) is 5.04. The van der Waals surface area contributed by atoms with Gasteiger partial charge in [0.1, 0.15) is 0 Å². The summed E-state index contributed by atoms with van der Waals surface area (Å²) in [6.07, 6.45) is 4.70. The van der Waals surface area contributed by atoms with E-state index in [1.807, 2.05) is 25.5 Å². The van der Waals surface area contributed by atoms with Gasteiger partial charge in [-0.2, -0.15) is 0 Å². The first-order chi connectivity index (χ1) is 9.16. The normalized spacial score (nSPS) is 16.2. The molecular formula is C16H22N2O. The fourth-order valence-corrected chi connectivity index (χ4v) is 2.64. The van der Waals surface area contributed by atoms with E-state index < -0.39 is 0 Å². The lowest BCUT2D eigenvalue weighted by molar-refractivity contribution is -0.0276. The minimum Gasteiger partial charge on any atom is -0.377 e. The van der Waals surface area contributed by atoms with E-state index in [1.54, 1.807) is 7.11 Å². The van der Waals surface area contributed by atoms with Crippen LogP contribution in [-0.4, -0.2) is 24.7 Å². The number of hydrogen-bond acceptors (Lipinski definition) is 3. The van der Waals surface area contributed by atoms with Gasteiger partial charge in [-0.05, 0) is 37.4 Å². The molecule has 1 N–H and O–H groups in total. The summed E-state index contributed by atoms with van der Waals surface area (Å²) in [6.45, 7) is 4.29. The van der Waals surface area contributed by atoms with Crippen molar-refractivity contribution in [2.75, 3.05) is 14.2 Å². The molecule has 0 aliphatic rings. The Morgan fingerprint density at radius 2 is 2.16 bits per heavy atom. The van der Waals surface area contributed by atoms with Gasteiger partial charge in [-0.25, -0.2) is 0 Å². The number of nitrogens with zero attached hydrogens (tertiary/aromatic N) is 1. The lowest BCUT2D eigenvalue weighted by Crippen LogP contribution is -2.41. The number of hydrogen-bond donors (Lipinski definition) is 1. The van der Waals surface area contributed by atoms with Crippen LogP contribution in [0.5, 0.6) is 0 Å². The van der Waals surface area contributed by atoms with Crippen molar-refractivity contribution >= 4 is 10.8 Å². The Kier molecular flexibility index (Phi) is 4.17. The van der Waals surface area contributed by atoms with Crippen LogP contribution in [0, 0.1) is 0 Å². The quantitative estimate of drug-likeness (QED) is 0.893. The molecule has 0 radical (unpaired) electrons. The molecule has 3 heteroatoms. The molecule has 102 valence electrons. The van der Waals surface area contributed by atoms with Crippen molar-refractivity contribution in [1.82, 2.24) is 10.3 Å². The van der Waals surface area contributed by atoms with Crippen LogP contribution in [0.2, 0.25) is 0 Å². The standard InChI is InChI=1S/C16H22N2O/c1-5-16(2,19-4)15(17-3)13-8-6-7-12-9-10-18-11-14(12)13/h6-11,15,17H,5H2,1-4H3. The fraction of sp³-hybridized carbons (Fsp3) is 0.438. The van der Waals surface area contributed by atoms with Gasteiger partial charge in [-0.15, -0.1) is 0 Å². The first kappa shape index (κ1) is 14.0. The second-order valence-corrected chi connectivity index (χ2v) is 5.04. The molecule has 1 aromatic heterocycles. The van der Waals surface area contributed by atoms with Gasteiger partial charge in [0.25, 0.3) is 0 Å². The minimum atomic E-state index is -0.237. The molecule has 2 unspecified atom stereocenters. The largest absolute Gasteiger partial charge is 0.377 e. The fourth-order valence-electron chi connectivity index (χ4n) is 2.64. The number of rotatable bonds is 5. The van der Waals surface area contributed by atoms with Gasteiger partial charge in [-0.3, -0.25) is 4.98 Å². The lowest BCUT2D eigenvalue weighted by Gasteiger charge is -2.36. The first-order valence-corrected chi connectivity index (χ1v) is 6.71. The summed E-state index contributed by atoms with van der Waals surface area (Å²) in [5.74, 6) is 0. The molecular weight excluding hydrogens is 236 g/mol. The molecule has 19 heavy (non-hydrogen) atoms. The van der Waals surface area contributed by atoms with Gasteiger partial charge in [0.05, 0.1) is 11.6 Å². The third-order valence-electron chi connectivity index (χ3n) is 4.10. The van der Waals surface area contributed by atoms with E-state index in [1.165, 1.54) is 16.3 Å². The van der Waals surface area contributed by atoms with Crippen LogP contribution in [0.4, 0.5) is 0 Å². The molecule has 0 aliphatic carbocycles. The SMILES string of the molecule is CCC(C)(OC)C(NC)c1cccc2ccncc12. The van der Waals surface area contributed by atoms with Gasteiger partial charge in [0.2, 0.25) is 0 Å². The Morgan fingerprint density at radius 1 is 1.37 bits per heavy atom. The van der Waals surface area contributed by atoms with E-state index in [-0.39, 0.29) is 11.6 Å². The van der Waals surface area contributed by atoms with E-state index >= 15 is 0 Å². The molecule has 0 aliphatic heterocycles. The van der Waals surface area contributed by atoms with Gasteiger partial charge in [0, 0.05) is 24.9 Å². The van der Waals surface area contributed by atoms with E-state index in [0.29, 0.717) is 0 Å². The van der Waals surface area contributed by atoms with Crippen molar-refractivity contribution < 1.29 is 4.74 Å². The van der Waals surface area contributed by atoms with Crippen LogP contribution in [0.25, 0.3) is 10.8 Å². The third-order valence-corrected chi connectivity index (χ3v) is 4.10. The number of fused-ring (bicyclic) bond motifs is 1. The van der Waals surface area contributed by atoms with Crippen molar-refractivity contribution in [3.8, 4) is 0 Å². The predicted octanol–water partition coefficient (Wildman–Crippen LogP) is 3.31. The molecule has 0 spiro atoms. The summed E-state index contributed by atoms with van der Waals surface area (Å²) >= 11 is 0. The molecule has 2 aromatic rings. The molecule has 0 saturated heterocycles. The van der Waals surface area contributed by atoms with Crippen molar-refractivity contribution in [3.63, 3.8) is 0 Å². The van der Waals surface area contributed by atoms with E-state index in [0.717, 1.165) is 6.42 Å². The van der Waals surface area contributed by atoms with Crippen LogP contribution in [-0.2, 0) is 4.74 Å². The van der Waals surface area contributed by atoms with Crippen LogP contribution in [0.1, 0.15) is 31.9 Å². The zero-order valence-corrected chi connectivity index (χ0v) is 12.1. The lowest BCUT2D eigenvalue weighted by atomic mass is 9.86. The molecule has 2 atom stereocenters. The van der Waals surface area contributed by atoms with Gasteiger partial charge < -0.3 is 10.1 Å². The van der Waals surface area contributed by atoms with Crippen molar-refractivity contribution in [2.45, 2.75) is 31.9 Å². The maximum Gasteiger partial charge on any atom is 0.0842 e. The molecule has 0 saturated carbocycles. The van der Waals surface area contributed by atoms with E-state index in [2.05, 4.69) is 42.3 Å². The molecule has 3 nitrogen and oxygen atoms in total. The number of nitrogens with one attached hydrogen (secondary N) is 1. The Hall–Kier alpha value is -1.45. The molecule has 1 heterocycles. The van der Waals surface area contributed by atoms with Crippen LogP contribution < -0.4 is 5.32 Å². The van der Waals surface area contributed by atoms with Gasteiger partial charge >= 0.3 is 0 Å². The van der Waals surface area contributed by atoms with Crippen LogP contribution in [0.3, 0.4) is 0 Å². The number of methoxy groups -OCH3 is 1. The summed E-state index contributed by atoms with van der Waals surface area (Å²) < 4.78 is 5.76. The summed E-state index contributed by atoms with van der Waals surface area (Å²) in [5.41, 5.74) is 0.998. The Morgan fingerprint density at radius 3 is 2.79 bits per heavy atom. The predicted molar refractivity (Wildman–Crippen MR) is 79.2 cm³/mol. The van der Waals surface area contributed by atoms with Gasteiger partial charge in [-0.1, -0.05) is 25.1 Å². The van der Waals surface area contributed by atoms with Crippen LogP contribution >= 0.6 is 0 Å². The molecule has 0 bridgehead atoms. The maximum absolute atomic E-state index is 5.76. The van der Waals surface area contributed by atoms with Crippen molar-refractivity contribution in [1.29, 1.82) is 0 Å². The van der Waals surface area contributed by atoms with Gasteiger partial charge in [0.15, 0.2) is 0 Å². The van der Waals surface area contributed by atoms with Crippen LogP contribution in [0.15, 0.2) is 36.7 Å². The minimum absolute atomic E-state index is 0.135. The maximum atomic E-state index is 5.76. The Bertz CT molecular complexity index is 544. The summed E-state index contributed by atoms with van der Waals surface area (Å²) in [4.78, 5) is 4.26. The number of ether oxygens (including phenoxy) is 1. The zero-order valence-electron chi connectivity index (χ0n) is 12.1. The van der Waals surface area contributed by atoms with Crippen molar-refractivity contribution in [2.24, 2.45) is 0 Å². The summed E-state index contributed by atoms with van der Waals surface area (Å²) in [5, 5.41) is 5.79. The second kappa shape index (κ2) is 5.68. The third kappa shape index (κ3) is 2.48. The van der Waals surface area contributed by atoms with E-state index in [4.69, 9.17) is 4.74 Å². The monoisotopic (exact) mass is 258 g/mol. The highest BCUT2D eigenvalue weighted by molar-refractivity contribution is 5.85. The smallest absolute Gasteiger partial charge is 0.0842 e. The molecule has 0 fully saturated rings. The molecule has 2 rings (SSSR count). The topological polar surface area (TPSA) is 34.1 Å². The summed E-state index contributed by atoms with van der Waals surface area (Å²) in [6, 6.07) is 8.53. The zero-order chi connectivity index (χ0) is 13.9. The summed E-state index contributed by atoms with van der Waals surface area (Å²) in [7, 11) is 3.75. The molecule has 1 aromatic carbocycles. The number of benzene rings is 1. The number of likely N-dealkylation sites (N-methyl/N-ethyl adjacent to an activating group) is 1. The highest BCUT2D eigenvalue weighted by Gasteiger charge is 2.33.